The molecule has 0 radical (unpaired) electrons. The molecular weight excluding hydrogens is 276 g/mol. The Morgan fingerprint density at radius 2 is 1.93 bits per heavy atom. The Labute approximate surface area is 99.7 Å². The van der Waals surface area contributed by atoms with Crippen molar-refractivity contribution in [1.29, 1.82) is 0 Å². The lowest BCUT2D eigenvalue weighted by Crippen LogP contribution is -2.12. The topological polar surface area (TPSA) is 34.1 Å². The van der Waals surface area contributed by atoms with E-state index >= 15 is 0 Å². The molecule has 80 valence electrons. The van der Waals surface area contributed by atoms with E-state index < -0.39 is 10.8 Å². The van der Waals surface area contributed by atoms with Crippen LogP contribution in [0, 0.1) is 5.92 Å². The van der Waals surface area contributed by atoms with Crippen molar-refractivity contribution in [3.63, 3.8) is 0 Å². The number of hydrogen-bond donors (Lipinski definition) is 0. The fourth-order valence-electron chi connectivity index (χ4n) is 1.32. The van der Waals surface area contributed by atoms with Gasteiger partial charge in [0.2, 0.25) is 0 Å². The summed E-state index contributed by atoms with van der Waals surface area (Å²) in [5.41, 5.74) is 0. The molecule has 0 saturated heterocycles. The zero-order valence-corrected chi connectivity index (χ0v) is 10.5. The Hall–Kier alpha value is -0.480. The van der Waals surface area contributed by atoms with E-state index in [1.165, 1.54) is 0 Å². The van der Waals surface area contributed by atoms with Crippen molar-refractivity contribution in [3.05, 3.63) is 28.7 Å². The van der Waals surface area contributed by atoms with Gasteiger partial charge in [0.1, 0.15) is 5.78 Å². The van der Waals surface area contributed by atoms with Gasteiger partial charge in [-0.25, -0.2) is 0 Å². The molecule has 15 heavy (non-hydrogen) atoms. The van der Waals surface area contributed by atoms with E-state index in [1.807, 2.05) is 12.1 Å². The van der Waals surface area contributed by atoms with E-state index in [9.17, 15) is 9.00 Å². The van der Waals surface area contributed by atoms with Gasteiger partial charge in [-0.2, -0.15) is 0 Å². The summed E-state index contributed by atoms with van der Waals surface area (Å²) in [7, 11) is -1.17. The third-order valence-electron chi connectivity index (χ3n) is 2.38. The standard InChI is InChI=1S/C11H11BrO2S/c12-9-3-5-10(6-4-9)15(14)7-11(13)8-1-2-8/h3-6,8H,1-2,7H2. The first-order valence-corrected chi connectivity index (χ1v) is 6.94. The van der Waals surface area contributed by atoms with Crippen molar-refractivity contribution >= 4 is 32.5 Å². The number of Topliss-reactive ketones (excluding diaryl/α,β-unsaturated/α-hetero) is 1. The molecule has 0 amide bonds. The van der Waals surface area contributed by atoms with E-state index in [0.717, 1.165) is 22.2 Å². The first-order valence-electron chi connectivity index (χ1n) is 4.83. The zero-order valence-electron chi connectivity index (χ0n) is 8.11. The van der Waals surface area contributed by atoms with Gasteiger partial charge in [-0.15, -0.1) is 0 Å². The molecule has 1 aliphatic carbocycles. The number of rotatable bonds is 4. The number of hydrogen-bond acceptors (Lipinski definition) is 2. The lowest BCUT2D eigenvalue weighted by atomic mass is 10.3. The summed E-state index contributed by atoms with van der Waals surface area (Å²) in [5.74, 6) is 0.521. The van der Waals surface area contributed by atoms with Crippen molar-refractivity contribution in [3.8, 4) is 0 Å². The molecule has 4 heteroatoms. The molecule has 1 atom stereocenters. The second kappa shape index (κ2) is 4.58. The first kappa shape index (κ1) is 11.0. The molecule has 1 aromatic carbocycles. The van der Waals surface area contributed by atoms with Gasteiger partial charge in [0, 0.05) is 15.3 Å². The van der Waals surface area contributed by atoms with Crippen molar-refractivity contribution in [2.45, 2.75) is 17.7 Å². The lowest BCUT2D eigenvalue weighted by molar-refractivity contribution is -0.117. The number of carbonyl (C=O) groups is 1. The van der Waals surface area contributed by atoms with Crippen molar-refractivity contribution in [2.24, 2.45) is 5.92 Å². The van der Waals surface area contributed by atoms with Gasteiger partial charge in [0.25, 0.3) is 0 Å². The van der Waals surface area contributed by atoms with Crippen LogP contribution in [0.5, 0.6) is 0 Å². The summed E-state index contributed by atoms with van der Waals surface area (Å²) in [5, 5.41) is 0. The molecule has 0 bridgehead atoms. The van der Waals surface area contributed by atoms with E-state index in [4.69, 9.17) is 0 Å². The third kappa shape index (κ3) is 2.98. The van der Waals surface area contributed by atoms with Crippen molar-refractivity contribution < 1.29 is 9.00 Å². The molecule has 1 saturated carbocycles. The molecule has 1 fully saturated rings. The van der Waals surface area contributed by atoms with E-state index in [2.05, 4.69) is 15.9 Å². The third-order valence-corrected chi connectivity index (χ3v) is 4.26. The molecule has 1 aliphatic rings. The summed E-state index contributed by atoms with van der Waals surface area (Å²) >= 11 is 3.31. The van der Waals surface area contributed by atoms with Crippen LogP contribution >= 0.6 is 15.9 Å². The van der Waals surface area contributed by atoms with Gasteiger partial charge in [0.15, 0.2) is 0 Å². The van der Waals surface area contributed by atoms with Crippen LogP contribution in [-0.2, 0) is 15.6 Å². The molecule has 2 rings (SSSR count). The second-order valence-electron chi connectivity index (χ2n) is 3.68. The van der Waals surface area contributed by atoms with Crippen LogP contribution in [0.3, 0.4) is 0 Å². The number of benzene rings is 1. The molecule has 1 unspecified atom stereocenters. The van der Waals surface area contributed by atoms with Gasteiger partial charge in [-0.3, -0.25) is 9.00 Å². The van der Waals surface area contributed by atoms with E-state index in [0.29, 0.717) is 0 Å². The monoisotopic (exact) mass is 286 g/mol. The van der Waals surface area contributed by atoms with Gasteiger partial charge in [-0.05, 0) is 37.1 Å². The summed E-state index contributed by atoms with van der Waals surface area (Å²) in [4.78, 5) is 12.2. The van der Waals surface area contributed by atoms with Gasteiger partial charge >= 0.3 is 0 Å². The maximum absolute atomic E-state index is 11.8. The summed E-state index contributed by atoms with van der Waals surface area (Å²) in [6, 6.07) is 7.27. The van der Waals surface area contributed by atoms with Crippen LogP contribution in [0.1, 0.15) is 12.8 Å². The molecule has 0 aliphatic heterocycles. The normalized spacial score (nSPS) is 17.4. The summed E-state index contributed by atoms with van der Waals surface area (Å²) in [6.45, 7) is 0. The van der Waals surface area contributed by atoms with Crippen molar-refractivity contribution in [2.75, 3.05) is 5.75 Å². The highest BCUT2D eigenvalue weighted by molar-refractivity contribution is 9.10. The van der Waals surface area contributed by atoms with Crippen LogP contribution in [0.25, 0.3) is 0 Å². The Morgan fingerprint density at radius 3 is 2.47 bits per heavy atom. The van der Waals surface area contributed by atoms with Gasteiger partial charge in [0.05, 0.1) is 16.6 Å². The quantitative estimate of drug-likeness (QED) is 0.852. The smallest absolute Gasteiger partial charge is 0.148 e. The highest BCUT2D eigenvalue weighted by Gasteiger charge is 2.30. The minimum Gasteiger partial charge on any atom is -0.298 e. The van der Waals surface area contributed by atoms with Crippen LogP contribution < -0.4 is 0 Å². The highest BCUT2D eigenvalue weighted by atomic mass is 79.9. The minimum absolute atomic E-state index is 0.149. The van der Waals surface area contributed by atoms with E-state index in [1.54, 1.807) is 12.1 Å². The van der Waals surface area contributed by atoms with Gasteiger partial charge < -0.3 is 0 Å². The fraction of sp³-hybridized carbons (Fsp3) is 0.364. The van der Waals surface area contributed by atoms with E-state index in [-0.39, 0.29) is 17.5 Å². The van der Waals surface area contributed by atoms with Crippen LogP contribution in [0.2, 0.25) is 0 Å². The Balaban J connectivity index is 2.00. The molecule has 0 spiro atoms. The SMILES string of the molecule is O=C(CS(=O)c1ccc(Br)cc1)C1CC1. The van der Waals surface area contributed by atoms with Crippen molar-refractivity contribution in [1.82, 2.24) is 0 Å². The van der Waals surface area contributed by atoms with Crippen LogP contribution in [-0.4, -0.2) is 15.7 Å². The maximum atomic E-state index is 11.8. The molecular formula is C11H11BrO2S. The second-order valence-corrected chi connectivity index (χ2v) is 6.05. The zero-order chi connectivity index (χ0) is 10.8. The first-order chi connectivity index (χ1) is 7.16. The molecule has 0 N–H and O–H groups in total. The predicted molar refractivity (Wildman–Crippen MR) is 63.1 cm³/mol. The summed E-state index contributed by atoms with van der Waals surface area (Å²) < 4.78 is 12.7. The minimum atomic E-state index is -1.17. The maximum Gasteiger partial charge on any atom is 0.148 e. The highest BCUT2D eigenvalue weighted by Crippen LogP contribution is 2.30. The molecule has 2 nitrogen and oxygen atoms in total. The number of carbonyl (C=O) groups excluding carboxylic acids is 1. The number of ketones is 1. The molecule has 0 heterocycles. The lowest BCUT2D eigenvalue weighted by Gasteiger charge is -2.01. The average Bonchev–Trinajstić information content (AvgIpc) is 3.01. The summed E-state index contributed by atoms with van der Waals surface area (Å²) in [6.07, 6.45) is 1.97. The fourth-order valence-corrected chi connectivity index (χ4v) is 2.69. The molecule has 0 aromatic heterocycles. The number of halogens is 1. The average molecular weight is 287 g/mol. The van der Waals surface area contributed by atoms with Crippen LogP contribution in [0.4, 0.5) is 0 Å². The predicted octanol–water partition coefficient (Wildman–Crippen LogP) is 2.54. The van der Waals surface area contributed by atoms with Crippen LogP contribution in [0.15, 0.2) is 33.6 Å². The molecule has 1 aromatic rings. The Kier molecular flexibility index (Phi) is 3.36. The Bertz CT molecular complexity index is 396. The largest absolute Gasteiger partial charge is 0.298 e. The van der Waals surface area contributed by atoms with Gasteiger partial charge in [-0.1, -0.05) is 15.9 Å². The Morgan fingerprint density at radius 1 is 1.33 bits per heavy atom.